The van der Waals surface area contributed by atoms with Gasteiger partial charge >= 0.3 is 6.03 Å². The maximum atomic E-state index is 13.9. The predicted molar refractivity (Wildman–Crippen MR) is 81.4 cm³/mol. The number of nitrogens with one attached hydrogen (secondary N) is 1. The van der Waals surface area contributed by atoms with Crippen LogP contribution in [0, 0.1) is 5.82 Å². The third-order valence-electron chi connectivity index (χ3n) is 3.59. The molecule has 0 spiro atoms. The van der Waals surface area contributed by atoms with Crippen LogP contribution < -0.4 is 5.32 Å². The van der Waals surface area contributed by atoms with Crippen molar-refractivity contribution in [2.45, 2.75) is 32.1 Å². The monoisotopic (exact) mass is 330 g/mol. The highest BCUT2D eigenvalue weighted by molar-refractivity contribution is 6.31. The molecule has 5 nitrogen and oxygen atoms in total. The zero-order valence-corrected chi connectivity index (χ0v) is 13.3. The van der Waals surface area contributed by atoms with Crippen LogP contribution >= 0.6 is 11.6 Å². The van der Waals surface area contributed by atoms with Gasteiger partial charge in [-0.3, -0.25) is 0 Å². The zero-order chi connectivity index (χ0) is 16.3. The van der Waals surface area contributed by atoms with E-state index in [2.05, 4.69) is 5.32 Å². The molecule has 2 N–H and O–H groups in total. The lowest BCUT2D eigenvalue weighted by atomic mass is 10.1. The highest BCUT2D eigenvalue weighted by Crippen LogP contribution is 2.25. The lowest BCUT2D eigenvalue weighted by Crippen LogP contribution is -2.53. The normalized spacial score (nSPS) is 23.2. The van der Waals surface area contributed by atoms with Crippen LogP contribution in [-0.2, 0) is 4.74 Å². The minimum Gasteiger partial charge on any atom is -0.394 e. The number of nitrogens with zero attached hydrogens (tertiary/aromatic N) is 1. The predicted octanol–water partition coefficient (Wildman–Crippen LogP) is 2.33. The number of hydrogen-bond donors (Lipinski definition) is 2. The number of carbonyl (C=O) groups excluding carboxylic acids is 1. The quantitative estimate of drug-likeness (QED) is 0.894. The molecule has 1 aromatic carbocycles. The van der Waals surface area contributed by atoms with Crippen LogP contribution in [0.4, 0.5) is 9.18 Å². The first-order chi connectivity index (χ1) is 10.4. The molecule has 0 bridgehead atoms. The zero-order valence-electron chi connectivity index (χ0n) is 12.6. The van der Waals surface area contributed by atoms with Gasteiger partial charge in [0.1, 0.15) is 5.82 Å². The lowest BCUT2D eigenvalue weighted by Gasteiger charge is -2.36. The largest absolute Gasteiger partial charge is 0.394 e. The molecule has 1 aromatic rings. The Hall–Kier alpha value is -1.37. The summed E-state index contributed by atoms with van der Waals surface area (Å²) >= 11 is 6.00. The number of aliphatic hydroxyl groups is 1. The van der Waals surface area contributed by atoms with Crippen molar-refractivity contribution in [1.82, 2.24) is 10.2 Å². The van der Waals surface area contributed by atoms with Crippen LogP contribution in [0.2, 0.25) is 5.02 Å². The molecule has 0 aliphatic carbocycles. The van der Waals surface area contributed by atoms with E-state index in [1.165, 1.54) is 12.1 Å². The van der Waals surface area contributed by atoms with Crippen molar-refractivity contribution in [2.24, 2.45) is 0 Å². The van der Waals surface area contributed by atoms with Gasteiger partial charge in [0.25, 0.3) is 0 Å². The first kappa shape index (κ1) is 17.0. The number of ether oxygens (including phenoxy) is 1. The average Bonchev–Trinajstić information content (AvgIpc) is 2.46. The molecular formula is C15H20ClFN2O3. The van der Waals surface area contributed by atoms with Crippen molar-refractivity contribution in [3.05, 3.63) is 34.6 Å². The maximum absolute atomic E-state index is 13.9. The fourth-order valence-electron chi connectivity index (χ4n) is 2.58. The fourth-order valence-corrected chi connectivity index (χ4v) is 2.91. The summed E-state index contributed by atoms with van der Waals surface area (Å²) < 4.78 is 19.4. The van der Waals surface area contributed by atoms with E-state index in [4.69, 9.17) is 16.3 Å². The summed E-state index contributed by atoms with van der Waals surface area (Å²) in [5.41, 5.74) is 0.262. The van der Waals surface area contributed by atoms with Gasteiger partial charge in [-0.05, 0) is 26.0 Å². The van der Waals surface area contributed by atoms with Crippen LogP contribution in [-0.4, -0.2) is 47.9 Å². The smallest absolute Gasteiger partial charge is 0.318 e. The Morgan fingerprint density at radius 1 is 1.59 bits per heavy atom. The van der Waals surface area contributed by atoms with E-state index < -0.39 is 18.0 Å². The van der Waals surface area contributed by atoms with E-state index in [0.717, 1.165) is 0 Å². The molecule has 0 unspecified atom stereocenters. The van der Waals surface area contributed by atoms with Gasteiger partial charge in [-0.25, -0.2) is 9.18 Å². The third-order valence-corrected chi connectivity index (χ3v) is 3.92. The van der Waals surface area contributed by atoms with E-state index in [1.807, 2.05) is 6.92 Å². The van der Waals surface area contributed by atoms with E-state index in [0.29, 0.717) is 13.1 Å². The van der Waals surface area contributed by atoms with Gasteiger partial charge in [-0.2, -0.15) is 0 Å². The van der Waals surface area contributed by atoms with Crippen LogP contribution in [0.25, 0.3) is 0 Å². The number of urea groups is 1. The molecule has 7 heteroatoms. The second kappa shape index (κ2) is 7.26. The number of aliphatic hydroxyl groups excluding tert-OH is 1. The third kappa shape index (κ3) is 3.88. The number of amides is 2. The number of halogens is 2. The molecule has 1 saturated heterocycles. The first-order valence-electron chi connectivity index (χ1n) is 7.18. The number of morpholine rings is 1. The Morgan fingerprint density at radius 2 is 2.32 bits per heavy atom. The van der Waals surface area contributed by atoms with Crippen molar-refractivity contribution >= 4 is 17.6 Å². The number of rotatable bonds is 3. The van der Waals surface area contributed by atoms with Crippen LogP contribution in [0.15, 0.2) is 18.2 Å². The maximum Gasteiger partial charge on any atom is 0.318 e. The second-order valence-corrected chi connectivity index (χ2v) is 5.87. The van der Waals surface area contributed by atoms with Crippen molar-refractivity contribution in [2.75, 3.05) is 19.7 Å². The highest BCUT2D eigenvalue weighted by Gasteiger charge is 2.29. The average molecular weight is 331 g/mol. The molecule has 2 amide bonds. The number of hydrogen-bond acceptors (Lipinski definition) is 3. The summed E-state index contributed by atoms with van der Waals surface area (Å²) in [6.07, 6.45) is -0.564. The van der Waals surface area contributed by atoms with Gasteiger partial charge in [-0.1, -0.05) is 17.7 Å². The fraction of sp³-hybridized carbons (Fsp3) is 0.533. The van der Waals surface area contributed by atoms with Gasteiger partial charge in [0.2, 0.25) is 0 Å². The topological polar surface area (TPSA) is 61.8 Å². The summed E-state index contributed by atoms with van der Waals surface area (Å²) in [5, 5.41) is 12.2. The molecule has 22 heavy (non-hydrogen) atoms. The SMILES string of the molecule is C[C@@H]1CN(C(=O)N[C@@H](C)c2c(F)cccc2Cl)C[C@@H](CO)O1. The lowest BCUT2D eigenvalue weighted by molar-refractivity contribution is -0.0835. The molecular weight excluding hydrogens is 311 g/mol. The second-order valence-electron chi connectivity index (χ2n) is 5.46. The van der Waals surface area contributed by atoms with Crippen molar-refractivity contribution in [3.63, 3.8) is 0 Å². The summed E-state index contributed by atoms with van der Waals surface area (Å²) in [7, 11) is 0. The Bertz CT molecular complexity index is 523. The molecule has 1 aliphatic heterocycles. The van der Waals surface area contributed by atoms with Gasteiger partial charge < -0.3 is 20.1 Å². The minimum atomic E-state index is -0.563. The Balaban J connectivity index is 2.05. The Kier molecular flexibility index (Phi) is 5.61. The minimum absolute atomic E-state index is 0.150. The van der Waals surface area contributed by atoms with E-state index in [1.54, 1.807) is 17.9 Å². The van der Waals surface area contributed by atoms with Gasteiger partial charge in [0, 0.05) is 17.1 Å². The van der Waals surface area contributed by atoms with Crippen LogP contribution in [0.3, 0.4) is 0 Å². The summed E-state index contributed by atoms with van der Waals surface area (Å²) in [4.78, 5) is 13.9. The van der Waals surface area contributed by atoms with Crippen molar-refractivity contribution in [3.8, 4) is 0 Å². The van der Waals surface area contributed by atoms with Crippen LogP contribution in [0.5, 0.6) is 0 Å². The molecule has 0 saturated carbocycles. The molecule has 1 heterocycles. The molecule has 1 aliphatic rings. The van der Waals surface area contributed by atoms with Crippen molar-refractivity contribution < 1.29 is 19.0 Å². The standard InChI is InChI=1S/C15H20ClFN2O3/c1-9-6-19(7-11(8-20)22-9)15(21)18-10(2)14-12(16)4-3-5-13(14)17/h3-5,9-11,20H,6-8H2,1-2H3,(H,18,21)/t9-,10+,11+/m1/s1. The molecule has 0 radical (unpaired) electrons. The van der Waals surface area contributed by atoms with Crippen LogP contribution in [0.1, 0.15) is 25.5 Å². The Morgan fingerprint density at radius 3 is 2.95 bits per heavy atom. The molecule has 1 fully saturated rings. The van der Waals surface area contributed by atoms with Crippen molar-refractivity contribution in [1.29, 1.82) is 0 Å². The van der Waals surface area contributed by atoms with Gasteiger partial charge in [-0.15, -0.1) is 0 Å². The first-order valence-corrected chi connectivity index (χ1v) is 7.55. The van der Waals surface area contributed by atoms with Gasteiger partial charge in [0.05, 0.1) is 31.4 Å². The van der Waals surface area contributed by atoms with E-state index in [-0.39, 0.29) is 29.3 Å². The summed E-state index contributed by atoms with van der Waals surface area (Å²) in [5.74, 6) is -0.455. The molecule has 0 aromatic heterocycles. The molecule has 122 valence electrons. The molecule has 2 rings (SSSR count). The summed E-state index contributed by atoms with van der Waals surface area (Å²) in [6.45, 7) is 4.07. The highest BCUT2D eigenvalue weighted by atomic mass is 35.5. The Labute approximate surface area is 134 Å². The summed E-state index contributed by atoms with van der Waals surface area (Å²) in [6, 6.07) is 3.52. The van der Waals surface area contributed by atoms with Gasteiger partial charge in [0.15, 0.2) is 0 Å². The van der Waals surface area contributed by atoms with E-state index in [9.17, 15) is 14.3 Å². The number of carbonyl (C=O) groups is 1. The number of benzene rings is 1. The molecule has 3 atom stereocenters. The van der Waals surface area contributed by atoms with E-state index >= 15 is 0 Å².